The summed E-state index contributed by atoms with van der Waals surface area (Å²) in [4.78, 5) is 27.9. The van der Waals surface area contributed by atoms with Crippen LogP contribution in [0.15, 0.2) is 23.1 Å². The molecule has 2 aliphatic rings. The van der Waals surface area contributed by atoms with E-state index < -0.39 is 23.0 Å². The van der Waals surface area contributed by atoms with Crippen molar-refractivity contribution in [2.24, 2.45) is 13.0 Å². The van der Waals surface area contributed by atoms with Crippen molar-refractivity contribution >= 4 is 16.8 Å². The summed E-state index contributed by atoms with van der Waals surface area (Å²) in [5.74, 6) is -1.77. The molecule has 1 aromatic heterocycles. The number of carbonyl (C=O) groups excluding carboxylic acids is 1. The van der Waals surface area contributed by atoms with Gasteiger partial charge in [-0.3, -0.25) is 9.59 Å². The Morgan fingerprint density at radius 1 is 1.18 bits per heavy atom. The quantitative estimate of drug-likeness (QED) is 0.878. The van der Waals surface area contributed by atoms with Gasteiger partial charge in [0.05, 0.1) is 10.9 Å². The van der Waals surface area contributed by atoms with Crippen molar-refractivity contribution in [2.45, 2.75) is 38.1 Å². The minimum atomic E-state index is -0.834. The van der Waals surface area contributed by atoms with Gasteiger partial charge in [0.1, 0.15) is 17.2 Å². The number of aryl methyl sites for hydroxylation is 1. The highest BCUT2D eigenvalue weighted by molar-refractivity contribution is 5.97. The highest BCUT2D eigenvalue weighted by Crippen LogP contribution is 2.30. The molecule has 0 radical (unpaired) electrons. The Bertz CT molecular complexity index is 970. The summed E-state index contributed by atoms with van der Waals surface area (Å²) in [5.41, 5.74) is -0.740. The number of halogens is 2. The van der Waals surface area contributed by atoms with Crippen LogP contribution in [0.2, 0.25) is 0 Å². The smallest absolute Gasteiger partial charge is 0.256 e. The number of hydrogen-bond donors (Lipinski definition) is 1. The second-order valence-electron chi connectivity index (χ2n) is 7.98. The van der Waals surface area contributed by atoms with Gasteiger partial charge < -0.3 is 14.8 Å². The molecule has 5 nitrogen and oxygen atoms in total. The molecule has 0 aliphatic carbocycles. The van der Waals surface area contributed by atoms with Crippen LogP contribution in [0, 0.1) is 17.6 Å². The van der Waals surface area contributed by atoms with Gasteiger partial charge in [-0.2, -0.15) is 0 Å². The van der Waals surface area contributed by atoms with Crippen LogP contribution in [0.1, 0.15) is 42.5 Å². The van der Waals surface area contributed by atoms with Gasteiger partial charge in [-0.15, -0.1) is 0 Å². The summed E-state index contributed by atoms with van der Waals surface area (Å²) in [7, 11) is 1.54. The summed E-state index contributed by atoms with van der Waals surface area (Å²) < 4.78 is 29.0. The van der Waals surface area contributed by atoms with Gasteiger partial charge in [-0.05, 0) is 50.8 Å². The Kier molecular flexibility index (Phi) is 5.19. The Morgan fingerprint density at radius 3 is 2.79 bits per heavy atom. The fourth-order valence-electron chi connectivity index (χ4n) is 4.86. The average molecular weight is 389 g/mol. The number of rotatable bonds is 3. The molecule has 2 saturated heterocycles. The lowest BCUT2D eigenvalue weighted by Crippen LogP contribution is -2.51. The van der Waals surface area contributed by atoms with Crippen molar-refractivity contribution in [3.8, 4) is 0 Å². The predicted molar refractivity (Wildman–Crippen MR) is 103 cm³/mol. The second kappa shape index (κ2) is 7.62. The van der Waals surface area contributed by atoms with Crippen molar-refractivity contribution in [2.75, 3.05) is 19.6 Å². The Labute approximate surface area is 162 Å². The van der Waals surface area contributed by atoms with Crippen LogP contribution in [0.3, 0.4) is 0 Å². The fourth-order valence-corrected chi connectivity index (χ4v) is 4.86. The van der Waals surface area contributed by atoms with E-state index in [2.05, 4.69) is 10.2 Å². The van der Waals surface area contributed by atoms with Crippen LogP contribution in [0.25, 0.3) is 10.9 Å². The third-order valence-corrected chi connectivity index (χ3v) is 6.19. The number of fused-ring (bicyclic) bond motifs is 2. The topological polar surface area (TPSA) is 54.3 Å². The molecule has 0 bridgehead atoms. The predicted octanol–water partition coefficient (Wildman–Crippen LogP) is 2.81. The molecule has 4 rings (SSSR count). The summed E-state index contributed by atoms with van der Waals surface area (Å²) in [6.07, 6.45) is 7.11. The maximum atomic E-state index is 14.1. The highest BCUT2D eigenvalue weighted by Gasteiger charge is 2.33. The molecule has 150 valence electrons. The molecule has 2 fully saturated rings. The van der Waals surface area contributed by atoms with Gasteiger partial charge >= 0.3 is 0 Å². The fraction of sp³-hybridized carbons (Fsp3) is 0.524. The lowest BCUT2D eigenvalue weighted by Gasteiger charge is -2.44. The largest absolute Gasteiger partial charge is 0.352 e. The molecule has 2 atom stereocenters. The normalized spacial score (nSPS) is 22.8. The molecule has 1 amide bonds. The zero-order chi connectivity index (χ0) is 19.8. The Morgan fingerprint density at radius 2 is 1.96 bits per heavy atom. The molecule has 2 aliphatic heterocycles. The Balaban J connectivity index is 1.56. The molecule has 2 aromatic rings. The van der Waals surface area contributed by atoms with E-state index in [1.54, 1.807) is 7.05 Å². The molecule has 28 heavy (non-hydrogen) atoms. The maximum absolute atomic E-state index is 14.1. The van der Waals surface area contributed by atoms with E-state index in [-0.39, 0.29) is 16.5 Å². The number of hydrogen-bond acceptors (Lipinski definition) is 3. The van der Waals surface area contributed by atoms with E-state index in [9.17, 15) is 18.4 Å². The van der Waals surface area contributed by atoms with Gasteiger partial charge in [0.15, 0.2) is 0 Å². The Hall–Kier alpha value is -2.28. The van der Waals surface area contributed by atoms with Crippen molar-refractivity contribution in [1.82, 2.24) is 14.8 Å². The van der Waals surface area contributed by atoms with E-state index >= 15 is 0 Å². The standard InChI is InChI=1S/C21H25F2N3O2/c1-25-12-16(20(27)15-9-14(22)10-17(23)19(15)25)21(28)24-11-13-5-4-8-26-7-3-2-6-18(13)26/h9-10,12-13,18H,2-8,11H2,1H3,(H,24,28)/t13-,18+/m0/s1. The highest BCUT2D eigenvalue weighted by atomic mass is 19.1. The van der Waals surface area contributed by atoms with E-state index in [0.717, 1.165) is 44.5 Å². The zero-order valence-corrected chi connectivity index (χ0v) is 16.0. The first-order valence-corrected chi connectivity index (χ1v) is 9.96. The molecule has 1 aromatic carbocycles. The minimum Gasteiger partial charge on any atom is -0.352 e. The summed E-state index contributed by atoms with van der Waals surface area (Å²) >= 11 is 0. The monoisotopic (exact) mass is 389 g/mol. The van der Waals surface area contributed by atoms with Gasteiger partial charge in [0.25, 0.3) is 5.91 Å². The first kappa shape index (κ1) is 19.1. The van der Waals surface area contributed by atoms with Crippen LogP contribution < -0.4 is 10.7 Å². The summed E-state index contributed by atoms with van der Waals surface area (Å²) in [6.45, 7) is 2.76. The van der Waals surface area contributed by atoms with Gasteiger partial charge in [-0.25, -0.2) is 8.78 Å². The van der Waals surface area contributed by atoms with Gasteiger partial charge in [-0.1, -0.05) is 6.42 Å². The minimum absolute atomic E-state index is 0.00641. The number of aromatic nitrogens is 1. The first-order chi connectivity index (χ1) is 13.5. The van der Waals surface area contributed by atoms with E-state index in [1.165, 1.54) is 23.6 Å². The lowest BCUT2D eigenvalue weighted by molar-refractivity contribution is 0.0575. The van der Waals surface area contributed by atoms with E-state index in [4.69, 9.17) is 0 Å². The van der Waals surface area contributed by atoms with Crippen molar-refractivity contribution in [1.29, 1.82) is 0 Å². The van der Waals surface area contributed by atoms with Crippen molar-refractivity contribution < 1.29 is 13.6 Å². The number of piperidine rings is 2. The molecular weight excluding hydrogens is 364 g/mol. The third-order valence-electron chi connectivity index (χ3n) is 6.19. The number of nitrogens with one attached hydrogen (secondary N) is 1. The average Bonchev–Trinajstić information content (AvgIpc) is 2.68. The van der Waals surface area contributed by atoms with Crippen LogP contribution in [0.4, 0.5) is 8.78 Å². The number of benzene rings is 1. The third kappa shape index (κ3) is 3.43. The SMILES string of the molecule is Cn1cc(C(=O)NC[C@@H]2CCCN3CCCC[C@H]23)c(=O)c2cc(F)cc(F)c21. The molecule has 0 saturated carbocycles. The zero-order valence-electron chi connectivity index (χ0n) is 16.0. The van der Waals surface area contributed by atoms with E-state index in [0.29, 0.717) is 18.5 Å². The number of nitrogens with zero attached hydrogens (tertiary/aromatic N) is 2. The number of amides is 1. The summed E-state index contributed by atoms with van der Waals surface area (Å²) in [6, 6.07) is 2.21. The first-order valence-electron chi connectivity index (χ1n) is 9.96. The molecule has 0 spiro atoms. The van der Waals surface area contributed by atoms with Gasteiger partial charge in [0.2, 0.25) is 5.43 Å². The maximum Gasteiger partial charge on any atom is 0.256 e. The number of pyridine rings is 1. The van der Waals surface area contributed by atoms with Crippen molar-refractivity contribution in [3.05, 3.63) is 45.8 Å². The molecular formula is C21H25F2N3O2. The molecule has 1 N–H and O–H groups in total. The van der Waals surface area contributed by atoms with Gasteiger partial charge in [0, 0.05) is 31.9 Å². The van der Waals surface area contributed by atoms with E-state index in [1.807, 2.05) is 0 Å². The van der Waals surface area contributed by atoms with Crippen molar-refractivity contribution in [3.63, 3.8) is 0 Å². The number of carbonyl (C=O) groups is 1. The second-order valence-corrected chi connectivity index (χ2v) is 7.98. The van der Waals surface area contributed by atoms with Crippen LogP contribution in [-0.4, -0.2) is 41.1 Å². The van der Waals surface area contributed by atoms with Crippen LogP contribution in [-0.2, 0) is 7.05 Å². The molecule has 0 unspecified atom stereocenters. The molecule has 3 heterocycles. The van der Waals surface area contributed by atoms with Crippen LogP contribution >= 0.6 is 0 Å². The molecule has 7 heteroatoms. The lowest BCUT2D eigenvalue weighted by atomic mass is 9.83. The summed E-state index contributed by atoms with van der Waals surface area (Å²) in [5, 5.41) is 2.78. The van der Waals surface area contributed by atoms with Crippen LogP contribution in [0.5, 0.6) is 0 Å².